The molecule has 0 bridgehead atoms. The van der Waals surface area contributed by atoms with E-state index in [1.807, 2.05) is 0 Å². The summed E-state index contributed by atoms with van der Waals surface area (Å²) in [5.41, 5.74) is -0.703. The van der Waals surface area contributed by atoms with Gasteiger partial charge >= 0.3 is 6.18 Å². The molecule has 1 heterocycles. The van der Waals surface area contributed by atoms with Crippen LogP contribution < -0.4 is 0 Å². The Bertz CT molecular complexity index is 1080. The molecule has 0 unspecified atom stereocenters. The second kappa shape index (κ2) is 8.16. The Kier molecular flexibility index (Phi) is 6.13. The number of nitrogens with zero attached hydrogens (tertiary/aromatic N) is 2. The predicted octanol–water partition coefficient (Wildman–Crippen LogP) is 3.95. The summed E-state index contributed by atoms with van der Waals surface area (Å²) in [5, 5.41) is -0.595. The highest BCUT2D eigenvalue weighted by Gasteiger charge is 2.36. The van der Waals surface area contributed by atoms with E-state index in [1.54, 1.807) is 6.92 Å². The third kappa shape index (κ3) is 4.45. The van der Waals surface area contributed by atoms with Crippen LogP contribution in [-0.4, -0.2) is 49.7 Å². The minimum atomic E-state index is -4.79. The summed E-state index contributed by atoms with van der Waals surface area (Å²) < 4.78 is 79.4. The first-order valence-corrected chi connectivity index (χ1v) is 10.7. The summed E-state index contributed by atoms with van der Waals surface area (Å²) in [6.07, 6.45) is -4.79. The minimum Gasteiger partial charge on any atom is -0.336 e. The van der Waals surface area contributed by atoms with E-state index in [2.05, 4.69) is 0 Å². The van der Waals surface area contributed by atoms with Crippen LogP contribution in [0.15, 0.2) is 41.3 Å². The number of alkyl halides is 3. The molecule has 2 aromatic carbocycles. The average Bonchev–Trinajstić information content (AvgIpc) is 2.69. The zero-order chi connectivity index (χ0) is 22.3. The standard InChI is InChI=1S/C19H17ClF4N2O3S/c1-12-2-3-13(10-17(12)21)18(27)25-6-8-26(9-7-25)30(28,29)14-4-5-16(20)15(11-14)19(22,23)24/h2-5,10-11H,6-9H2,1H3. The number of rotatable bonds is 3. The van der Waals surface area contributed by atoms with Gasteiger partial charge in [0, 0.05) is 31.7 Å². The fourth-order valence-corrected chi connectivity index (χ4v) is 4.74. The number of hydrogen-bond donors (Lipinski definition) is 0. The molecule has 0 aliphatic carbocycles. The van der Waals surface area contributed by atoms with Crippen molar-refractivity contribution in [1.82, 2.24) is 9.21 Å². The topological polar surface area (TPSA) is 57.7 Å². The van der Waals surface area contributed by atoms with Crippen molar-refractivity contribution in [3.05, 3.63) is 63.9 Å². The van der Waals surface area contributed by atoms with Gasteiger partial charge in [0.05, 0.1) is 15.5 Å². The lowest BCUT2D eigenvalue weighted by atomic mass is 10.1. The fourth-order valence-electron chi connectivity index (χ4n) is 3.07. The number of amides is 1. The van der Waals surface area contributed by atoms with E-state index in [0.29, 0.717) is 11.6 Å². The molecule has 1 amide bonds. The van der Waals surface area contributed by atoms with Crippen LogP contribution in [0.25, 0.3) is 0 Å². The van der Waals surface area contributed by atoms with E-state index in [1.165, 1.54) is 17.0 Å². The lowest BCUT2D eigenvalue weighted by Gasteiger charge is -2.34. The Morgan fingerprint density at radius 2 is 1.67 bits per heavy atom. The Hall–Kier alpha value is -2.17. The summed E-state index contributed by atoms with van der Waals surface area (Å²) in [7, 11) is -4.21. The molecule has 0 radical (unpaired) electrons. The molecule has 0 atom stereocenters. The van der Waals surface area contributed by atoms with Crippen molar-refractivity contribution in [2.75, 3.05) is 26.2 Å². The summed E-state index contributed by atoms with van der Waals surface area (Å²) in [4.78, 5) is 13.4. The van der Waals surface area contributed by atoms with Crippen LogP contribution in [0.1, 0.15) is 21.5 Å². The minimum absolute atomic E-state index is 0.0211. The maximum absolute atomic E-state index is 13.7. The van der Waals surface area contributed by atoms with Crippen LogP contribution in [0.5, 0.6) is 0 Å². The Labute approximate surface area is 175 Å². The Morgan fingerprint density at radius 3 is 2.23 bits per heavy atom. The van der Waals surface area contributed by atoms with Crippen LogP contribution >= 0.6 is 11.6 Å². The lowest BCUT2D eigenvalue weighted by Crippen LogP contribution is -2.50. The van der Waals surface area contributed by atoms with Crippen LogP contribution in [0.2, 0.25) is 5.02 Å². The molecule has 162 valence electrons. The van der Waals surface area contributed by atoms with Crippen molar-refractivity contribution in [3.8, 4) is 0 Å². The SMILES string of the molecule is Cc1ccc(C(=O)N2CCN(S(=O)(=O)c3ccc(Cl)c(C(F)(F)F)c3)CC2)cc1F. The number of aryl methyl sites for hydroxylation is 1. The molecule has 1 aliphatic heterocycles. The van der Waals surface area contributed by atoms with Crippen molar-refractivity contribution >= 4 is 27.5 Å². The van der Waals surface area contributed by atoms with E-state index in [-0.39, 0.29) is 31.7 Å². The van der Waals surface area contributed by atoms with Crippen LogP contribution in [0, 0.1) is 12.7 Å². The number of carbonyl (C=O) groups is 1. The summed E-state index contributed by atoms with van der Waals surface area (Å²) >= 11 is 5.55. The first-order chi connectivity index (χ1) is 13.9. The summed E-state index contributed by atoms with van der Waals surface area (Å²) in [6, 6.07) is 6.48. The number of piperazine rings is 1. The summed E-state index contributed by atoms with van der Waals surface area (Å²) in [5.74, 6) is -0.970. The quantitative estimate of drug-likeness (QED) is 0.646. The molecule has 0 aromatic heterocycles. The van der Waals surface area contributed by atoms with Gasteiger partial charge in [-0.25, -0.2) is 12.8 Å². The van der Waals surface area contributed by atoms with Gasteiger partial charge in [0.15, 0.2) is 0 Å². The maximum Gasteiger partial charge on any atom is 0.417 e. The molecule has 11 heteroatoms. The zero-order valence-corrected chi connectivity index (χ0v) is 17.3. The Balaban J connectivity index is 1.75. The predicted molar refractivity (Wildman–Crippen MR) is 102 cm³/mol. The van der Waals surface area contributed by atoms with Crippen molar-refractivity contribution in [3.63, 3.8) is 0 Å². The van der Waals surface area contributed by atoms with Gasteiger partial charge in [-0.1, -0.05) is 17.7 Å². The molecule has 0 spiro atoms. The van der Waals surface area contributed by atoms with Crippen molar-refractivity contribution in [2.45, 2.75) is 18.0 Å². The number of hydrogen-bond acceptors (Lipinski definition) is 3. The molecule has 3 rings (SSSR count). The molecule has 1 aliphatic rings. The van der Waals surface area contributed by atoms with Gasteiger partial charge in [-0.3, -0.25) is 4.79 Å². The average molecular weight is 465 g/mol. The maximum atomic E-state index is 13.7. The van der Waals surface area contributed by atoms with Crippen molar-refractivity contribution in [2.24, 2.45) is 0 Å². The highest BCUT2D eigenvalue weighted by Crippen LogP contribution is 2.36. The molecule has 5 nitrogen and oxygen atoms in total. The smallest absolute Gasteiger partial charge is 0.336 e. The van der Waals surface area contributed by atoms with Gasteiger partial charge in [0.2, 0.25) is 10.0 Å². The first kappa shape index (κ1) is 22.5. The van der Waals surface area contributed by atoms with Gasteiger partial charge in [-0.15, -0.1) is 0 Å². The van der Waals surface area contributed by atoms with E-state index < -0.39 is 43.4 Å². The van der Waals surface area contributed by atoms with E-state index in [9.17, 15) is 30.8 Å². The molecule has 1 fully saturated rings. The van der Waals surface area contributed by atoms with Gasteiger partial charge in [-0.05, 0) is 42.8 Å². The second-order valence-electron chi connectivity index (χ2n) is 6.80. The van der Waals surface area contributed by atoms with Gasteiger partial charge in [0.25, 0.3) is 5.91 Å². The molecular weight excluding hydrogens is 448 g/mol. The highest BCUT2D eigenvalue weighted by atomic mass is 35.5. The number of sulfonamides is 1. The largest absolute Gasteiger partial charge is 0.417 e. The molecule has 1 saturated heterocycles. The fraction of sp³-hybridized carbons (Fsp3) is 0.316. The molecule has 0 saturated carbocycles. The lowest BCUT2D eigenvalue weighted by molar-refractivity contribution is -0.137. The number of halogens is 5. The van der Waals surface area contributed by atoms with Crippen LogP contribution in [-0.2, 0) is 16.2 Å². The molecule has 0 N–H and O–H groups in total. The van der Waals surface area contributed by atoms with Gasteiger partial charge in [0.1, 0.15) is 5.82 Å². The van der Waals surface area contributed by atoms with Crippen LogP contribution in [0.3, 0.4) is 0 Å². The zero-order valence-electron chi connectivity index (χ0n) is 15.7. The van der Waals surface area contributed by atoms with Crippen molar-refractivity contribution < 1.29 is 30.8 Å². The Morgan fingerprint density at radius 1 is 1.03 bits per heavy atom. The second-order valence-corrected chi connectivity index (χ2v) is 9.14. The molecule has 30 heavy (non-hydrogen) atoms. The number of carbonyl (C=O) groups excluding carboxylic acids is 1. The summed E-state index contributed by atoms with van der Waals surface area (Å²) in [6.45, 7) is 1.40. The van der Waals surface area contributed by atoms with Gasteiger partial charge in [-0.2, -0.15) is 17.5 Å². The van der Waals surface area contributed by atoms with Crippen molar-refractivity contribution in [1.29, 1.82) is 0 Å². The number of benzene rings is 2. The molecule has 2 aromatic rings. The highest BCUT2D eigenvalue weighted by molar-refractivity contribution is 7.89. The third-order valence-corrected chi connectivity index (χ3v) is 7.05. The third-order valence-electron chi connectivity index (χ3n) is 4.83. The van der Waals surface area contributed by atoms with E-state index in [0.717, 1.165) is 22.5 Å². The van der Waals surface area contributed by atoms with Crippen LogP contribution in [0.4, 0.5) is 17.6 Å². The van der Waals surface area contributed by atoms with E-state index >= 15 is 0 Å². The monoisotopic (exact) mass is 464 g/mol. The van der Waals surface area contributed by atoms with E-state index in [4.69, 9.17) is 11.6 Å². The van der Waals surface area contributed by atoms with Gasteiger partial charge < -0.3 is 4.90 Å². The normalized spacial score (nSPS) is 16.0. The first-order valence-electron chi connectivity index (χ1n) is 8.83. The molecular formula is C19H17ClF4N2O3S.